The number of aromatic nitrogens is 1. The molecule has 25 heavy (non-hydrogen) atoms. The average Bonchev–Trinajstić information content (AvgIpc) is 3.01. The van der Waals surface area contributed by atoms with Crippen molar-refractivity contribution in [3.8, 4) is 0 Å². The molecule has 0 aliphatic carbocycles. The second-order valence-corrected chi connectivity index (χ2v) is 6.20. The number of hydrogen-bond acceptors (Lipinski definition) is 3. The fourth-order valence-electron chi connectivity index (χ4n) is 2.65. The minimum atomic E-state index is -0.355. The molecule has 1 aromatic heterocycles. The number of halogens is 2. The van der Waals surface area contributed by atoms with E-state index >= 15 is 0 Å². The van der Waals surface area contributed by atoms with Crippen LogP contribution in [0.25, 0.3) is 0 Å². The van der Waals surface area contributed by atoms with Gasteiger partial charge in [0.25, 0.3) is 0 Å². The second kappa shape index (κ2) is 10.5. The number of guanidine groups is 1. The van der Waals surface area contributed by atoms with Crippen LogP contribution in [-0.2, 0) is 11.3 Å². The number of pyridine rings is 1. The van der Waals surface area contributed by atoms with Crippen LogP contribution < -0.4 is 10.6 Å². The molecule has 0 radical (unpaired) electrons. The van der Waals surface area contributed by atoms with Gasteiger partial charge in [0.1, 0.15) is 5.82 Å². The quantitative estimate of drug-likeness (QED) is 0.399. The molecule has 140 valence electrons. The first-order chi connectivity index (χ1) is 11.5. The van der Waals surface area contributed by atoms with Crippen LogP contribution >= 0.6 is 24.0 Å². The molecule has 1 aliphatic rings. The first-order valence-corrected chi connectivity index (χ1v) is 8.44. The number of aliphatic imine (C=N–C) groups is 1. The highest BCUT2D eigenvalue weighted by Gasteiger charge is 2.27. The van der Waals surface area contributed by atoms with Crippen LogP contribution in [0.3, 0.4) is 0 Å². The molecule has 2 heterocycles. The normalized spacial score (nSPS) is 17.4. The maximum absolute atomic E-state index is 13.6. The standard InChI is InChI=1S/C17H26FN5O.HI/c1-4-19-17(21-10-15-14(18)6-5-8-20-15)22-13-7-9-23(11-13)16(24)12(2)3;/h5-6,8,12-13H,4,7,9-11H2,1-3H3,(H2,19,21,22);1H. The summed E-state index contributed by atoms with van der Waals surface area (Å²) >= 11 is 0. The van der Waals surface area contributed by atoms with Crippen LogP contribution in [0, 0.1) is 11.7 Å². The van der Waals surface area contributed by atoms with E-state index in [-0.39, 0.29) is 54.2 Å². The number of likely N-dealkylation sites (tertiary alicyclic amines) is 1. The summed E-state index contributed by atoms with van der Waals surface area (Å²) in [4.78, 5) is 22.3. The lowest BCUT2D eigenvalue weighted by molar-refractivity contribution is -0.133. The predicted octanol–water partition coefficient (Wildman–Crippen LogP) is 2.15. The summed E-state index contributed by atoms with van der Waals surface area (Å²) in [6.45, 7) is 8.09. The van der Waals surface area contributed by atoms with Crippen LogP contribution in [-0.4, -0.2) is 47.4 Å². The van der Waals surface area contributed by atoms with Gasteiger partial charge in [-0.2, -0.15) is 0 Å². The fraction of sp³-hybridized carbons (Fsp3) is 0.588. The molecule has 1 aliphatic heterocycles. The summed E-state index contributed by atoms with van der Waals surface area (Å²) in [7, 11) is 0. The Hall–Kier alpha value is -1.45. The van der Waals surface area contributed by atoms with E-state index in [0.717, 1.165) is 13.0 Å². The number of hydrogen-bond donors (Lipinski definition) is 2. The zero-order valence-corrected chi connectivity index (χ0v) is 17.3. The van der Waals surface area contributed by atoms with Gasteiger partial charge >= 0.3 is 0 Å². The molecule has 0 bridgehead atoms. The van der Waals surface area contributed by atoms with Crippen molar-refractivity contribution in [2.24, 2.45) is 10.9 Å². The van der Waals surface area contributed by atoms with E-state index in [2.05, 4.69) is 20.6 Å². The van der Waals surface area contributed by atoms with Crippen molar-refractivity contribution in [3.05, 3.63) is 29.8 Å². The Balaban J connectivity index is 0.00000312. The van der Waals surface area contributed by atoms with Gasteiger partial charge in [-0.15, -0.1) is 24.0 Å². The number of nitrogens with zero attached hydrogens (tertiary/aromatic N) is 3. The molecule has 1 saturated heterocycles. The van der Waals surface area contributed by atoms with E-state index in [9.17, 15) is 9.18 Å². The third-order valence-electron chi connectivity index (χ3n) is 3.90. The van der Waals surface area contributed by atoms with Crippen LogP contribution in [0.5, 0.6) is 0 Å². The molecule has 6 nitrogen and oxygen atoms in total. The summed E-state index contributed by atoms with van der Waals surface area (Å²) in [6.07, 6.45) is 2.43. The van der Waals surface area contributed by atoms with Crippen LogP contribution in [0.1, 0.15) is 32.9 Å². The number of carbonyl (C=O) groups is 1. The predicted molar refractivity (Wildman–Crippen MR) is 107 cm³/mol. The minimum absolute atomic E-state index is 0. The zero-order valence-electron chi connectivity index (χ0n) is 15.0. The fourth-order valence-corrected chi connectivity index (χ4v) is 2.65. The van der Waals surface area contributed by atoms with E-state index in [4.69, 9.17) is 0 Å². The van der Waals surface area contributed by atoms with Crippen LogP contribution in [0.4, 0.5) is 4.39 Å². The van der Waals surface area contributed by atoms with E-state index < -0.39 is 0 Å². The molecule has 1 aromatic rings. The van der Waals surface area contributed by atoms with E-state index in [1.54, 1.807) is 12.3 Å². The number of rotatable bonds is 5. The van der Waals surface area contributed by atoms with Crippen molar-refractivity contribution in [3.63, 3.8) is 0 Å². The Kier molecular flexibility index (Phi) is 9.09. The maximum Gasteiger partial charge on any atom is 0.225 e. The lowest BCUT2D eigenvalue weighted by Gasteiger charge is -2.20. The van der Waals surface area contributed by atoms with E-state index in [1.165, 1.54) is 6.07 Å². The first-order valence-electron chi connectivity index (χ1n) is 8.44. The van der Waals surface area contributed by atoms with Gasteiger partial charge in [-0.1, -0.05) is 13.8 Å². The third kappa shape index (κ3) is 6.41. The molecule has 0 spiro atoms. The van der Waals surface area contributed by atoms with Gasteiger partial charge in [-0.05, 0) is 25.5 Å². The highest BCUT2D eigenvalue weighted by Crippen LogP contribution is 2.13. The van der Waals surface area contributed by atoms with E-state index in [0.29, 0.717) is 24.7 Å². The van der Waals surface area contributed by atoms with Crippen molar-refractivity contribution in [2.75, 3.05) is 19.6 Å². The lowest BCUT2D eigenvalue weighted by atomic mass is 10.2. The molecule has 8 heteroatoms. The van der Waals surface area contributed by atoms with Gasteiger partial charge in [-0.3, -0.25) is 9.78 Å². The smallest absolute Gasteiger partial charge is 0.225 e. The molecule has 2 N–H and O–H groups in total. The Morgan fingerprint density at radius 2 is 2.28 bits per heavy atom. The molecule has 0 aromatic carbocycles. The topological polar surface area (TPSA) is 69.6 Å². The minimum Gasteiger partial charge on any atom is -0.357 e. The largest absolute Gasteiger partial charge is 0.357 e. The number of nitrogens with one attached hydrogen (secondary N) is 2. The Morgan fingerprint density at radius 1 is 1.52 bits per heavy atom. The molecule has 1 unspecified atom stereocenters. The van der Waals surface area contributed by atoms with Gasteiger partial charge in [0.15, 0.2) is 5.96 Å². The molecular formula is C17H27FIN5O. The van der Waals surface area contributed by atoms with Gasteiger partial charge in [0.2, 0.25) is 5.91 Å². The van der Waals surface area contributed by atoms with Crippen molar-refractivity contribution in [2.45, 2.75) is 39.8 Å². The van der Waals surface area contributed by atoms with Crippen LogP contribution in [0.2, 0.25) is 0 Å². The summed E-state index contributed by atoms with van der Waals surface area (Å²) in [6, 6.07) is 3.09. The van der Waals surface area contributed by atoms with Crippen molar-refractivity contribution >= 4 is 35.8 Å². The van der Waals surface area contributed by atoms with Gasteiger partial charge < -0.3 is 15.5 Å². The molecule has 1 fully saturated rings. The molecular weight excluding hydrogens is 436 g/mol. The van der Waals surface area contributed by atoms with E-state index in [1.807, 2.05) is 25.7 Å². The Bertz CT molecular complexity index is 596. The Morgan fingerprint density at radius 3 is 2.92 bits per heavy atom. The maximum atomic E-state index is 13.6. The molecule has 0 saturated carbocycles. The highest BCUT2D eigenvalue weighted by atomic mass is 127. The molecule has 1 amide bonds. The first kappa shape index (κ1) is 21.6. The highest BCUT2D eigenvalue weighted by molar-refractivity contribution is 14.0. The summed E-state index contributed by atoms with van der Waals surface area (Å²) in [5.74, 6) is 0.452. The summed E-state index contributed by atoms with van der Waals surface area (Å²) in [5, 5.41) is 6.48. The number of carbonyl (C=O) groups excluding carboxylic acids is 1. The average molecular weight is 463 g/mol. The molecule has 1 atom stereocenters. The second-order valence-electron chi connectivity index (χ2n) is 6.20. The monoisotopic (exact) mass is 463 g/mol. The lowest BCUT2D eigenvalue weighted by Crippen LogP contribution is -2.45. The van der Waals surface area contributed by atoms with Crippen molar-refractivity contribution in [1.29, 1.82) is 0 Å². The summed E-state index contributed by atoms with van der Waals surface area (Å²) < 4.78 is 13.6. The van der Waals surface area contributed by atoms with Crippen LogP contribution in [0.15, 0.2) is 23.3 Å². The number of amides is 1. The van der Waals surface area contributed by atoms with Crippen molar-refractivity contribution in [1.82, 2.24) is 20.5 Å². The zero-order chi connectivity index (χ0) is 17.5. The third-order valence-corrected chi connectivity index (χ3v) is 3.90. The van der Waals surface area contributed by atoms with Crippen molar-refractivity contribution < 1.29 is 9.18 Å². The summed E-state index contributed by atoms with van der Waals surface area (Å²) in [5.41, 5.74) is 0.317. The van der Waals surface area contributed by atoms with Gasteiger partial charge in [0.05, 0.1) is 12.2 Å². The SMILES string of the molecule is CCNC(=NCc1ncccc1F)NC1CCN(C(=O)C(C)C)C1.I. The molecule has 2 rings (SSSR count). The Labute approximate surface area is 165 Å². The van der Waals surface area contributed by atoms with Gasteiger partial charge in [-0.25, -0.2) is 9.38 Å². The van der Waals surface area contributed by atoms with Gasteiger partial charge in [0, 0.05) is 37.8 Å².